The molecule has 1 amide bonds. The van der Waals surface area contributed by atoms with E-state index in [2.05, 4.69) is 10.0 Å². The van der Waals surface area contributed by atoms with Gasteiger partial charge in [-0.05, 0) is 39.3 Å². The van der Waals surface area contributed by atoms with Crippen molar-refractivity contribution in [3.05, 3.63) is 23.8 Å². The number of nitrogens with two attached hydrogens (primary N) is 1. The number of sulfonamides is 1. The average molecular weight is 313 g/mol. The van der Waals surface area contributed by atoms with Crippen LogP contribution in [0.1, 0.15) is 32.8 Å². The van der Waals surface area contributed by atoms with Gasteiger partial charge in [0, 0.05) is 18.5 Å². The van der Waals surface area contributed by atoms with Crippen molar-refractivity contribution in [2.45, 2.75) is 44.6 Å². The van der Waals surface area contributed by atoms with Gasteiger partial charge in [0.1, 0.15) is 4.90 Å². The molecule has 118 valence electrons. The summed E-state index contributed by atoms with van der Waals surface area (Å²) < 4.78 is 26.8. The van der Waals surface area contributed by atoms with E-state index in [0.717, 1.165) is 0 Å². The van der Waals surface area contributed by atoms with Gasteiger partial charge in [0.15, 0.2) is 0 Å². The summed E-state index contributed by atoms with van der Waals surface area (Å²) in [5.41, 5.74) is 6.15. The molecule has 7 heteroatoms. The highest BCUT2D eigenvalue weighted by Gasteiger charge is 2.20. The summed E-state index contributed by atoms with van der Waals surface area (Å²) in [6.45, 7) is 7.30. The standard InChI is InChI=1S/C14H23N3O3S/c1-10-6-5-7-11(15)13(10)21(19,20)16-9-8-12(18)17-14(2,3)4/h5-7,16H,8-9,15H2,1-4H3,(H,17,18). The zero-order chi connectivity index (χ0) is 16.3. The van der Waals surface area contributed by atoms with Crippen molar-refractivity contribution in [1.82, 2.24) is 10.0 Å². The molecule has 0 bridgehead atoms. The van der Waals surface area contributed by atoms with Gasteiger partial charge in [-0.25, -0.2) is 13.1 Å². The summed E-state index contributed by atoms with van der Waals surface area (Å²) in [7, 11) is -3.72. The molecule has 0 spiro atoms. The van der Waals surface area contributed by atoms with Gasteiger partial charge < -0.3 is 11.1 Å². The maximum atomic E-state index is 12.2. The number of aryl methyl sites for hydroxylation is 1. The van der Waals surface area contributed by atoms with E-state index in [4.69, 9.17) is 5.73 Å². The molecule has 0 saturated heterocycles. The summed E-state index contributed by atoms with van der Waals surface area (Å²) in [4.78, 5) is 11.7. The van der Waals surface area contributed by atoms with Gasteiger partial charge in [-0.2, -0.15) is 0 Å². The minimum absolute atomic E-state index is 0.0258. The zero-order valence-corrected chi connectivity index (χ0v) is 13.7. The maximum absolute atomic E-state index is 12.2. The van der Waals surface area contributed by atoms with Crippen LogP contribution in [0, 0.1) is 6.92 Å². The van der Waals surface area contributed by atoms with E-state index in [-0.39, 0.29) is 35.0 Å². The van der Waals surface area contributed by atoms with Gasteiger partial charge in [0.2, 0.25) is 15.9 Å². The Balaban J connectivity index is 2.69. The Bertz CT molecular complexity index is 599. The fraction of sp³-hybridized carbons (Fsp3) is 0.500. The Morgan fingerprint density at radius 1 is 1.29 bits per heavy atom. The number of benzene rings is 1. The van der Waals surface area contributed by atoms with Crippen LogP contribution in [0.15, 0.2) is 23.1 Å². The van der Waals surface area contributed by atoms with Crippen molar-refractivity contribution in [3.63, 3.8) is 0 Å². The van der Waals surface area contributed by atoms with E-state index in [0.29, 0.717) is 5.56 Å². The number of hydrogen-bond acceptors (Lipinski definition) is 4. The van der Waals surface area contributed by atoms with Crippen molar-refractivity contribution < 1.29 is 13.2 Å². The monoisotopic (exact) mass is 313 g/mol. The number of carbonyl (C=O) groups excluding carboxylic acids is 1. The van der Waals surface area contributed by atoms with Crippen LogP contribution in [0.3, 0.4) is 0 Å². The van der Waals surface area contributed by atoms with E-state index >= 15 is 0 Å². The van der Waals surface area contributed by atoms with Crippen LogP contribution in [0.25, 0.3) is 0 Å². The van der Waals surface area contributed by atoms with Crippen molar-refractivity contribution in [1.29, 1.82) is 0 Å². The third-order valence-corrected chi connectivity index (χ3v) is 4.35. The number of nitrogens with one attached hydrogen (secondary N) is 2. The van der Waals surface area contributed by atoms with Crippen LogP contribution in [-0.4, -0.2) is 26.4 Å². The van der Waals surface area contributed by atoms with Crippen molar-refractivity contribution in [3.8, 4) is 0 Å². The number of nitrogen functional groups attached to an aromatic ring is 1. The van der Waals surface area contributed by atoms with E-state index in [9.17, 15) is 13.2 Å². The van der Waals surface area contributed by atoms with E-state index in [1.807, 2.05) is 20.8 Å². The highest BCUT2D eigenvalue weighted by Crippen LogP contribution is 2.21. The van der Waals surface area contributed by atoms with Crippen LogP contribution < -0.4 is 15.8 Å². The maximum Gasteiger partial charge on any atom is 0.242 e. The molecule has 0 heterocycles. The molecule has 0 aromatic heterocycles. The van der Waals surface area contributed by atoms with Crippen LogP contribution in [0.2, 0.25) is 0 Å². The fourth-order valence-corrected chi connectivity index (χ4v) is 3.28. The van der Waals surface area contributed by atoms with Crippen LogP contribution in [-0.2, 0) is 14.8 Å². The molecule has 6 nitrogen and oxygen atoms in total. The average Bonchev–Trinajstić information content (AvgIpc) is 2.25. The van der Waals surface area contributed by atoms with Crippen LogP contribution in [0.5, 0.6) is 0 Å². The minimum Gasteiger partial charge on any atom is -0.398 e. The molecular weight excluding hydrogens is 290 g/mol. The van der Waals surface area contributed by atoms with Gasteiger partial charge in [-0.1, -0.05) is 12.1 Å². The number of anilines is 1. The Labute approximate surface area is 126 Å². The molecule has 1 aromatic carbocycles. The molecule has 0 saturated carbocycles. The summed E-state index contributed by atoms with van der Waals surface area (Å²) in [5.74, 6) is -0.206. The predicted molar refractivity (Wildman–Crippen MR) is 83.3 cm³/mol. The lowest BCUT2D eigenvalue weighted by Gasteiger charge is -2.20. The number of rotatable bonds is 5. The number of amides is 1. The second kappa shape index (κ2) is 6.44. The first-order valence-corrected chi connectivity index (χ1v) is 8.17. The van der Waals surface area contributed by atoms with Crippen LogP contribution >= 0.6 is 0 Å². The predicted octanol–water partition coefficient (Wildman–Crippen LogP) is 1.16. The summed E-state index contributed by atoms with van der Waals surface area (Å²) >= 11 is 0. The zero-order valence-electron chi connectivity index (χ0n) is 12.9. The normalized spacial score (nSPS) is 12.2. The molecule has 21 heavy (non-hydrogen) atoms. The number of hydrogen-bond donors (Lipinski definition) is 3. The summed E-state index contributed by atoms with van der Waals surface area (Å²) in [6, 6.07) is 4.91. The molecule has 0 radical (unpaired) electrons. The first-order chi connectivity index (χ1) is 9.53. The molecule has 0 aliphatic carbocycles. The second-order valence-electron chi connectivity index (χ2n) is 5.94. The molecule has 0 fully saturated rings. The molecule has 4 N–H and O–H groups in total. The third-order valence-electron chi connectivity index (χ3n) is 2.67. The van der Waals surface area contributed by atoms with Gasteiger partial charge in [0.05, 0.1) is 5.69 Å². The second-order valence-corrected chi connectivity index (χ2v) is 7.64. The highest BCUT2D eigenvalue weighted by atomic mass is 32.2. The molecule has 0 atom stereocenters. The fourth-order valence-electron chi connectivity index (χ4n) is 1.89. The summed E-state index contributed by atoms with van der Waals surface area (Å²) in [6.07, 6.45) is 0.0717. The third kappa shape index (κ3) is 5.35. The van der Waals surface area contributed by atoms with Gasteiger partial charge >= 0.3 is 0 Å². The van der Waals surface area contributed by atoms with Gasteiger partial charge in [-0.15, -0.1) is 0 Å². The van der Waals surface area contributed by atoms with E-state index < -0.39 is 10.0 Å². The highest BCUT2D eigenvalue weighted by molar-refractivity contribution is 7.89. The lowest BCUT2D eigenvalue weighted by Crippen LogP contribution is -2.42. The minimum atomic E-state index is -3.72. The van der Waals surface area contributed by atoms with E-state index in [1.54, 1.807) is 19.1 Å². The Kier molecular flexibility index (Phi) is 5.36. The SMILES string of the molecule is Cc1cccc(N)c1S(=O)(=O)NCCC(=O)NC(C)(C)C. The lowest BCUT2D eigenvalue weighted by molar-refractivity contribution is -0.122. The van der Waals surface area contributed by atoms with Crippen molar-refractivity contribution in [2.24, 2.45) is 0 Å². The van der Waals surface area contributed by atoms with Gasteiger partial charge in [-0.3, -0.25) is 4.79 Å². The first kappa shape index (κ1) is 17.5. The molecular formula is C14H23N3O3S. The van der Waals surface area contributed by atoms with Crippen molar-refractivity contribution in [2.75, 3.05) is 12.3 Å². The van der Waals surface area contributed by atoms with Crippen molar-refractivity contribution >= 4 is 21.6 Å². The lowest BCUT2D eigenvalue weighted by atomic mass is 10.1. The van der Waals surface area contributed by atoms with Gasteiger partial charge in [0.25, 0.3) is 0 Å². The molecule has 1 aromatic rings. The largest absolute Gasteiger partial charge is 0.398 e. The molecule has 0 unspecified atom stereocenters. The summed E-state index contributed by atoms with van der Waals surface area (Å²) in [5, 5.41) is 2.77. The smallest absolute Gasteiger partial charge is 0.242 e. The molecule has 0 aliphatic heterocycles. The van der Waals surface area contributed by atoms with E-state index in [1.165, 1.54) is 6.07 Å². The Morgan fingerprint density at radius 3 is 2.43 bits per heavy atom. The molecule has 1 rings (SSSR count). The first-order valence-electron chi connectivity index (χ1n) is 6.69. The topological polar surface area (TPSA) is 101 Å². The number of carbonyl (C=O) groups is 1. The quantitative estimate of drug-likeness (QED) is 0.710. The Hall–Kier alpha value is -1.60. The molecule has 0 aliphatic rings. The van der Waals surface area contributed by atoms with Crippen LogP contribution in [0.4, 0.5) is 5.69 Å². The Morgan fingerprint density at radius 2 is 1.90 bits per heavy atom.